The number of halogens is 1. The minimum absolute atomic E-state index is 0.241. The summed E-state index contributed by atoms with van der Waals surface area (Å²) < 4.78 is 5.16. The summed E-state index contributed by atoms with van der Waals surface area (Å²) in [6.07, 6.45) is 1.65. The molecule has 0 spiro atoms. The van der Waals surface area contributed by atoms with Crippen LogP contribution in [0.15, 0.2) is 28.8 Å². The molecule has 0 saturated heterocycles. The minimum atomic E-state index is 0.241. The second-order valence-corrected chi connectivity index (χ2v) is 3.09. The zero-order valence-corrected chi connectivity index (χ0v) is 7.52. The van der Waals surface area contributed by atoms with E-state index in [2.05, 4.69) is 4.98 Å². The van der Waals surface area contributed by atoms with Gasteiger partial charge in [0.1, 0.15) is 5.58 Å². The van der Waals surface area contributed by atoms with E-state index in [-0.39, 0.29) is 4.84 Å². The van der Waals surface area contributed by atoms with E-state index in [1.54, 1.807) is 24.4 Å². The van der Waals surface area contributed by atoms with Crippen LogP contribution >= 0.6 is 23.8 Å². The summed E-state index contributed by atoms with van der Waals surface area (Å²) in [4.78, 5) is 4.08. The molecule has 1 aromatic carbocycles. The van der Waals surface area contributed by atoms with Gasteiger partial charge in [-0.1, -0.05) is 11.6 Å². The summed E-state index contributed by atoms with van der Waals surface area (Å²) in [5.41, 5.74) is 0.708. The molecule has 0 bridgehead atoms. The van der Waals surface area contributed by atoms with E-state index in [1.807, 2.05) is 0 Å². The number of hydrogen-bond acceptors (Lipinski definition) is 3. The number of nitrogens with zero attached hydrogens (tertiary/aromatic N) is 1. The third-order valence-corrected chi connectivity index (χ3v) is 1.90. The van der Waals surface area contributed by atoms with Crippen LogP contribution in [-0.4, -0.2) is 4.98 Å². The van der Waals surface area contributed by atoms with Gasteiger partial charge in [0.05, 0.1) is 0 Å². The second-order valence-electron chi connectivity index (χ2n) is 2.31. The van der Waals surface area contributed by atoms with Crippen molar-refractivity contribution in [3.63, 3.8) is 0 Å². The maximum atomic E-state index is 5.76. The lowest BCUT2D eigenvalue weighted by Gasteiger charge is -1.94. The van der Waals surface area contributed by atoms with Crippen molar-refractivity contribution < 1.29 is 4.42 Å². The Morgan fingerprint density at radius 3 is 3.08 bits per heavy atom. The number of hydrogen-bond donors (Lipinski definition) is 0. The fraction of sp³-hybridized carbons (Fsp3) is 0. The molecule has 0 aliphatic rings. The maximum absolute atomic E-state index is 5.76. The van der Waals surface area contributed by atoms with E-state index in [9.17, 15) is 0 Å². The van der Waals surface area contributed by atoms with Crippen molar-refractivity contribution in [1.82, 2.24) is 4.98 Å². The predicted molar refractivity (Wildman–Crippen MR) is 49.9 cm³/mol. The molecule has 0 saturated carbocycles. The van der Waals surface area contributed by atoms with Gasteiger partial charge in [-0.2, -0.15) is 0 Å². The van der Waals surface area contributed by atoms with Crippen LogP contribution < -0.4 is 0 Å². The van der Waals surface area contributed by atoms with Crippen molar-refractivity contribution >= 4 is 34.8 Å². The highest BCUT2D eigenvalue weighted by molar-refractivity contribution is 7.71. The van der Waals surface area contributed by atoms with Crippen molar-refractivity contribution in [3.05, 3.63) is 34.3 Å². The second kappa shape index (κ2) is 2.84. The number of benzene rings is 1. The number of fused-ring (bicyclic) bond motifs is 1. The molecule has 1 heterocycles. The Balaban J connectivity index is 2.87. The van der Waals surface area contributed by atoms with Crippen LogP contribution in [0.4, 0.5) is 0 Å². The predicted octanol–water partition coefficient (Wildman–Crippen LogP) is 3.21. The van der Waals surface area contributed by atoms with E-state index >= 15 is 0 Å². The number of rotatable bonds is 0. The molecule has 0 fully saturated rings. The van der Waals surface area contributed by atoms with E-state index in [0.29, 0.717) is 10.6 Å². The fourth-order valence-electron chi connectivity index (χ4n) is 0.956. The molecule has 2 nitrogen and oxygen atoms in total. The molecule has 12 heavy (non-hydrogen) atoms. The van der Waals surface area contributed by atoms with Crippen LogP contribution in [0.1, 0.15) is 0 Å². The average Bonchev–Trinajstić information content (AvgIpc) is 2.05. The Morgan fingerprint density at radius 2 is 2.25 bits per heavy atom. The van der Waals surface area contributed by atoms with Gasteiger partial charge in [-0.05, 0) is 30.4 Å². The normalized spacial score (nSPS) is 10.4. The SMILES string of the molecule is S=c1ncc2cc(Cl)ccc2o1. The topological polar surface area (TPSA) is 26.0 Å². The molecule has 2 rings (SSSR count). The zero-order chi connectivity index (χ0) is 8.55. The third kappa shape index (κ3) is 1.33. The van der Waals surface area contributed by atoms with Gasteiger partial charge >= 0.3 is 0 Å². The molecule has 0 unspecified atom stereocenters. The molecular weight excluding hydrogens is 194 g/mol. The van der Waals surface area contributed by atoms with Gasteiger partial charge in [0, 0.05) is 16.6 Å². The quantitative estimate of drug-likeness (QED) is 0.607. The Bertz CT molecular complexity index is 480. The molecule has 2 aromatic rings. The van der Waals surface area contributed by atoms with Crippen LogP contribution in [0.3, 0.4) is 0 Å². The first-order valence-electron chi connectivity index (χ1n) is 3.31. The maximum Gasteiger partial charge on any atom is 0.288 e. The van der Waals surface area contributed by atoms with Gasteiger partial charge in [-0.25, -0.2) is 4.98 Å². The van der Waals surface area contributed by atoms with E-state index in [0.717, 1.165) is 5.39 Å². The van der Waals surface area contributed by atoms with Crippen LogP contribution in [-0.2, 0) is 0 Å². The molecule has 4 heteroatoms. The molecule has 1 aromatic heterocycles. The Hall–Kier alpha value is -0.930. The zero-order valence-electron chi connectivity index (χ0n) is 5.95. The van der Waals surface area contributed by atoms with Crippen LogP contribution in [0.25, 0.3) is 11.0 Å². The lowest BCUT2D eigenvalue weighted by atomic mass is 10.3. The van der Waals surface area contributed by atoms with Crippen molar-refractivity contribution in [2.45, 2.75) is 0 Å². The Morgan fingerprint density at radius 1 is 1.42 bits per heavy atom. The van der Waals surface area contributed by atoms with Crippen LogP contribution in [0, 0.1) is 4.84 Å². The Kier molecular flexibility index (Phi) is 1.83. The van der Waals surface area contributed by atoms with Crippen molar-refractivity contribution in [1.29, 1.82) is 0 Å². The summed E-state index contributed by atoms with van der Waals surface area (Å²) in [5.74, 6) is 0. The van der Waals surface area contributed by atoms with Crippen molar-refractivity contribution in [2.75, 3.05) is 0 Å². The van der Waals surface area contributed by atoms with Gasteiger partial charge < -0.3 is 4.42 Å². The lowest BCUT2D eigenvalue weighted by Crippen LogP contribution is -1.76. The highest BCUT2D eigenvalue weighted by Crippen LogP contribution is 2.17. The summed E-state index contributed by atoms with van der Waals surface area (Å²) in [7, 11) is 0. The first-order chi connectivity index (χ1) is 5.75. The first-order valence-corrected chi connectivity index (χ1v) is 4.10. The average molecular weight is 198 g/mol. The monoisotopic (exact) mass is 197 g/mol. The summed E-state index contributed by atoms with van der Waals surface area (Å²) in [6, 6.07) is 5.31. The number of aromatic nitrogens is 1. The molecule has 0 aliphatic carbocycles. The van der Waals surface area contributed by atoms with Crippen molar-refractivity contribution in [2.24, 2.45) is 0 Å². The smallest absolute Gasteiger partial charge is 0.288 e. The molecule has 60 valence electrons. The van der Waals surface area contributed by atoms with Gasteiger partial charge in [0.2, 0.25) is 0 Å². The van der Waals surface area contributed by atoms with Gasteiger partial charge in [0.25, 0.3) is 4.84 Å². The van der Waals surface area contributed by atoms with E-state index < -0.39 is 0 Å². The fourth-order valence-corrected chi connectivity index (χ4v) is 1.28. The van der Waals surface area contributed by atoms with Gasteiger partial charge in [0.15, 0.2) is 0 Å². The molecule has 0 N–H and O–H groups in total. The summed E-state index contributed by atoms with van der Waals surface area (Å²) >= 11 is 10.5. The van der Waals surface area contributed by atoms with Crippen molar-refractivity contribution in [3.8, 4) is 0 Å². The highest BCUT2D eigenvalue weighted by Gasteiger charge is 1.95. The van der Waals surface area contributed by atoms with Crippen LogP contribution in [0.5, 0.6) is 0 Å². The van der Waals surface area contributed by atoms with Crippen LogP contribution in [0.2, 0.25) is 5.02 Å². The molecule has 0 amide bonds. The molecule has 0 aliphatic heterocycles. The lowest BCUT2D eigenvalue weighted by molar-refractivity contribution is 0.560. The van der Waals surface area contributed by atoms with Gasteiger partial charge in [-0.15, -0.1) is 0 Å². The Labute approximate surface area is 78.8 Å². The summed E-state index contributed by atoms with van der Waals surface area (Å²) in [6.45, 7) is 0. The first kappa shape index (κ1) is 7.71. The minimum Gasteiger partial charge on any atom is -0.430 e. The third-order valence-electron chi connectivity index (χ3n) is 1.48. The standard InChI is InChI=1S/C8H4ClNOS/c9-6-1-2-7-5(3-6)4-10-8(12)11-7/h1-4H. The van der Waals surface area contributed by atoms with E-state index in [1.165, 1.54) is 0 Å². The van der Waals surface area contributed by atoms with E-state index in [4.69, 9.17) is 28.2 Å². The molecule has 0 atom stereocenters. The highest BCUT2D eigenvalue weighted by atomic mass is 35.5. The summed E-state index contributed by atoms with van der Waals surface area (Å²) in [5, 5.41) is 1.52. The largest absolute Gasteiger partial charge is 0.430 e. The molecular formula is C8H4ClNOS. The van der Waals surface area contributed by atoms with Gasteiger partial charge in [-0.3, -0.25) is 0 Å². The molecule has 0 radical (unpaired) electrons.